The standard InChI is InChI=1S/C15H23NO/c1-11-10-12(2)16-14(3,4)15(11,17)13-8-6-5-7-9-13/h5-9,11-12,16-17H,10H2,1-4H3/t11-,12-,15+/m1/s1. The van der Waals surface area contributed by atoms with Gasteiger partial charge in [-0.3, -0.25) is 0 Å². The van der Waals surface area contributed by atoms with Gasteiger partial charge in [0, 0.05) is 11.6 Å². The first-order valence-corrected chi connectivity index (χ1v) is 6.43. The van der Waals surface area contributed by atoms with Crippen molar-refractivity contribution in [2.24, 2.45) is 5.92 Å². The van der Waals surface area contributed by atoms with Crippen molar-refractivity contribution in [1.82, 2.24) is 5.32 Å². The van der Waals surface area contributed by atoms with Crippen LogP contribution in [0.25, 0.3) is 0 Å². The molecule has 0 aromatic heterocycles. The van der Waals surface area contributed by atoms with Crippen molar-refractivity contribution in [3.63, 3.8) is 0 Å². The van der Waals surface area contributed by atoms with Gasteiger partial charge in [0.2, 0.25) is 0 Å². The van der Waals surface area contributed by atoms with Gasteiger partial charge in [-0.2, -0.15) is 0 Å². The molecule has 1 aliphatic rings. The molecule has 2 heteroatoms. The molecule has 2 rings (SSSR count). The van der Waals surface area contributed by atoms with Gasteiger partial charge in [0.25, 0.3) is 0 Å². The fraction of sp³-hybridized carbons (Fsp3) is 0.600. The lowest BCUT2D eigenvalue weighted by atomic mass is 9.65. The molecule has 1 aliphatic heterocycles. The lowest BCUT2D eigenvalue weighted by Crippen LogP contribution is -2.66. The predicted octanol–water partition coefficient (Wildman–Crippen LogP) is 2.67. The van der Waals surface area contributed by atoms with Gasteiger partial charge in [0.15, 0.2) is 0 Å². The molecule has 0 aliphatic carbocycles. The average Bonchev–Trinajstić information content (AvgIpc) is 2.26. The SMILES string of the molecule is C[C@@H]1C[C@@H](C)[C@](O)(c2ccccc2)C(C)(C)N1. The number of hydrogen-bond acceptors (Lipinski definition) is 2. The molecule has 0 bridgehead atoms. The van der Waals surface area contributed by atoms with E-state index in [0.717, 1.165) is 12.0 Å². The summed E-state index contributed by atoms with van der Waals surface area (Å²) in [6.07, 6.45) is 0.995. The normalized spacial score (nSPS) is 36.8. The highest BCUT2D eigenvalue weighted by Crippen LogP contribution is 2.44. The van der Waals surface area contributed by atoms with E-state index in [1.165, 1.54) is 0 Å². The van der Waals surface area contributed by atoms with E-state index in [4.69, 9.17) is 0 Å². The molecule has 2 nitrogen and oxygen atoms in total. The van der Waals surface area contributed by atoms with Crippen molar-refractivity contribution < 1.29 is 5.11 Å². The highest BCUT2D eigenvalue weighted by Gasteiger charge is 2.52. The minimum absolute atomic E-state index is 0.246. The van der Waals surface area contributed by atoms with E-state index in [0.29, 0.717) is 6.04 Å². The molecule has 0 radical (unpaired) electrons. The molecule has 1 fully saturated rings. The quantitative estimate of drug-likeness (QED) is 0.781. The summed E-state index contributed by atoms with van der Waals surface area (Å²) in [5.41, 5.74) is -0.108. The lowest BCUT2D eigenvalue weighted by molar-refractivity contribution is -0.117. The molecular formula is C15H23NO. The van der Waals surface area contributed by atoms with E-state index in [2.05, 4.69) is 33.0 Å². The van der Waals surface area contributed by atoms with Crippen LogP contribution >= 0.6 is 0 Å². The summed E-state index contributed by atoms with van der Waals surface area (Å²) < 4.78 is 0. The number of nitrogens with one attached hydrogen (secondary N) is 1. The second kappa shape index (κ2) is 4.11. The summed E-state index contributed by atoms with van der Waals surface area (Å²) in [5.74, 6) is 0.246. The number of aliphatic hydroxyl groups is 1. The van der Waals surface area contributed by atoms with Crippen molar-refractivity contribution >= 4 is 0 Å². The van der Waals surface area contributed by atoms with Gasteiger partial charge >= 0.3 is 0 Å². The van der Waals surface area contributed by atoms with Crippen LogP contribution in [0.2, 0.25) is 0 Å². The van der Waals surface area contributed by atoms with Crippen LogP contribution in [0.1, 0.15) is 39.7 Å². The summed E-state index contributed by atoms with van der Waals surface area (Å²) >= 11 is 0. The molecule has 0 spiro atoms. The van der Waals surface area contributed by atoms with Crippen LogP contribution in [0.4, 0.5) is 0 Å². The van der Waals surface area contributed by atoms with Crippen LogP contribution in [0.15, 0.2) is 30.3 Å². The van der Waals surface area contributed by atoms with Crippen LogP contribution in [0.5, 0.6) is 0 Å². The minimum atomic E-state index is -0.805. The average molecular weight is 233 g/mol. The van der Waals surface area contributed by atoms with E-state index in [-0.39, 0.29) is 11.5 Å². The van der Waals surface area contributed by atoms with Gasteiger partial charge < -0.3 is 10.4 Å². The largest absolute Gasteiger partial charge is 0.383 e. The Morgan fingerprint density at radius 3 is 2.29 bits per heavy atom. The molecule has 1 aromatic carbocycles. The molecule has 2 N–H and O–H groups in total. The highest BCUT2D eigenvalue weighted by molar-refractivity contribution is 5.29. The van der Waals surface area contributed by atoms with Gasteiger partial charge in [-0.1, -0.05) is 37.3 Å². The summed E-state index contributed by atoms with van der Waals surface area (Å²) in [7, 11) is 0. The van der Waals surface area contributed by atoms with Crippen LogP contribution in [0, 0.1) is 5.92 Å². The molecule has 0 unspecified atom stereocenters. The van der Waals surface area contributed by atoms with Crippen molar-refractivity contribution in [3.05, 3.63) is 35.9 Å². The van der Waals surface area contributed by atoms with Crippen molar-refractivity contribution in [2.75, 3.05) is 0 Å². The Bertz CT molecular complexity index is 387. The first-order valence-electron chi connectivity index (χ1n) is 6.43. The summed E-state index contributed by atoms with van der Waals surface area (Å²) in [4.78, 5) is 0. The maximum atomic E-state index is 11.2. The topological polar surface area (TPSA) is 32.3 Å². The van der Waals surface area contributed by atoms with Gasteiger partial charge in [-0.05, 0) is 38.7 Å². The Hall–Kier alpha value is -0.860. The Balaban J connectivity index is 2.47. The Kier molecular flexibility index (Phi) is 3.04. The zero-order valence-corrected chi connectivity index (χ0v) is 11.2. The van der Waals surface area contributed by atoms with E-state index >= 15 is 0 Å². The Morgan fingerprint density at radius 2 is 1.76 bits per heavy atom. The third-order valence-corrected chi connectivity index (χ3v) is 4.19. The fourth-order valence-electron chi connectivity index (χ4n) is 3.44. The van der Waals surface area contributed by atoms with Gasteiger partial charge in [-0.25, -0.2) is 0 Å². The Labute approximate surface area is 104 Å². The molecule has 1 saturated heterocycles. The number of hydrogen-bond donors (Lipinski definition) is 2. The first-order chi connectivity index (χ1) is 7.88. The summed E-state index contributed by atoms with van der Waals surface area (Å²) in [5, 5.41) is 14.7. The zero-order chi connectivity index (χ0) is 12.7. The molecule has 94 valence electrons. The lowest BCUT2D eigenvalue weighted by Gasteiger charge is -2.53. The minimum Gasteiger partial charge on any atom is -0.383 e. The molecule has 0 amide bonds. The zero-order valence-electron chi connectivity index (χ0n) is 11.2. The van der Waals surface area contributed by atoms with Gasteiger partial charge in [-0.15, -0.1) is 0 Å². The highest BCUT2D eigenvalue weighted by atomic mass is 16.3. The maximum Gasteiger partial charge on any atom is 0.110 e. The first kappa shape index (κ1) is 12.6. The molecule has 1 aromatic rings. The number of benzene rings is 1. The molecule has 1 heterocycles. The van der Waals surface area contributed by atoms with E-state index in [1.54, 1.807) is 0 Å². The second-order valence-corrected chi connectivity index (χ2v) is 5.94. The summed E-state index contributed by atoms with van der Waals surface area (Å²) in [6.45, 7) is 8.51. The fourth-order valence-corrected chi connectivity index (χ4v) is 3.44. The van der Waals surface area contributed by atoms with E-state index in [1.807, 2.05) is 30.3 Å². The monoisotopic (exact) mass is 233 g/mol. The van der Waals surface area contributed by atoms with Crippen molar-refractivity contribution in [2.45, 2.75) is 51.3 Å². The van der Waals surface area contributed by atoms with Crippen molar-refractivity contribution in [3.8, 4) is 0 Å². The maximum absolute atomic E-state index is 11.2. The van der Waals surface area contributed by atoms with Crippen LogP contribution < -0.4 is 5.32 Å². The van der Waals surface area contributed by atoms with Crippen LogP contribution in [0.3, 0.4) is 0 Å². The molecule has 3 atom stereocenters. The van der Waals surface area contributed by atoms with Crippen molar-refractivity contribution in [1.29, 1.82) is 0 Å². The molecular weight excluding hydrogens is 210 g/mol. The third kappa shape index (κ3) is 1.90. The van der Waals surface area contributed by atoms with Gasteiger partial charge in [0.05, 0.1) is 0 Å². The predicted molar refractivity (Wildman–Crippen MR) is 70.8 cm³/mol. The van der Waals surface area contributed by atoms with E-state index < -0.39 is 5.60 Å². The van der Waals surface area contributed by atoms with Crippen LogP contribution in [-0.2, 0) is 5.60 Å². The number of rotatable bonds is 1. The van der Waals surface area contributed by atoms with E-state index in [9.17, 15) is 5.11 Å². The Morgan fingerprint density at radius 1 is 1.18 bits per heavy atom. The number of piperidine rings is 1. The van der Waals surface area contributed by atoms with Crippen LogP contribution in [-0.4, -0.2) is 16.7 Å². The molecule has 0 saturated carbocycles. The summed E-state index contributed by atoms with van der Waals surface area (Å²) in [6, 6.07) is 10.5. The third-order valence-electron chi connectivity index (χ3n) is 4.19. The van der Waals surface area contributed by atoms with Gasteiger partial charge in [0.1, 0.15) is 5.60 Å². The second-order valence-electron chi connectivity index (χ2n) is 5.94. The smallest absolute Gasteiger partial charge is 0.110 e. The molecule has 17 heavy (non-hydrogen) atoms.